The Kier molecular flexibility index (Phi) is 4.11. The van der Waals surface area contributed by atoms with Gasteiger partial charge in [-0.05, 0) is 0 Å². The van der Waals surface area contributed by atoms with E-state index in [1.54, 1.807) is 22.6 Å². The molecule has 2 rings (SSSR count). The predicted octanol–water partition coefficient (Wildman–Crippen LogP) is 0.111. The summed E-state index contributed by atoms with van der Waals surface area (Å²) in [7, 11) is 0. The maximum atomic E-state index is 11.5. The minimum absolute atomic E-state index is 0.0510. The molecule has 0 unspecified atom stereocenters. The summed E-state index contributed by atoms with van der Waals surface area (Å²) in [6, 6.07) is 1.45. The zero-order valence-electron chi connectivity index (χ0n) is 9.11. The summed E-state index contributed by atoms with van der Waals surface area (Å²) in [6.07, 6.45) is 0.147. The van der Waals surface area contributed by atoms with E-state index in [9.17, 15) is 9.59 Å². The van der Waals surface area contributed by atoms with Gasteiger partial charge < -0.3 is 14.6 Å². The van der Waals surface area contributed by atoms with Gasteiger partial charge in [0.15, 0.2) is 3.79 Å². The molecule has 6 nitrogen and oxygen atoms in total. The summed E-state index contributed by atoms with van der Waals surface area (Å²) in [4.78, 5) is 31.3. The van der Waals surface area contributed by atoms with Crippen LogP contribution in [0.1, 0.15) is 5.82 Å². The topological polar surface area (TPSA) is 75.3 Å². The second-order valence-electron chi connectivity index (χ2n) is 3.68. The first kappa shape index (κ1) is 12.5. The van der Waals surface area contributed by atoms with Gasteiger partial charge in [-0.15, -0.1) is 0 Å². The minimum atomic E-state index is -0.228. The fourth-order valence-corrected chi connectivity index (χ4v) is 2.03. The van der Waals surface area contributed by atoms with Crippen LogP contribution in [0.2, 0.25) is 0 Å². The number of aromatic amines is 1. The zero-order chi connectivity index (χ0) is 12.3. The number of nitrogens with zero attached hydrogens (tertiary/aromatic N) is 2. The number of carbonyl (C=O) groups is 1. The van der Waals surface area contributed by atoms with Gasteiger partial charge in [0.2, 0.25) is 0 Å². The number of aromatic nitrogens is 2. The van der Waals surface area contributed by atoms with Crippen LogP contribution in [0, 0.1) is 0 Å². The lowest BCUT2D eigenvalue weighted by Crippen LogP contribution is -2.37. The number of hydrogen-bond acceptors (Lipinski definition) is 5. The molecule has 0 aliphatic carbocycles. The fourth-order valence-electron chi connectivity index (χ4n) is 1.66. The number of carbonyl (C=O) groups excluding carboxylic acids is 1. The molecule has 7 heteroatoms. The van der Waals surface area contributed by atoms with Crippen LogP contribution in [0.4, 0.5) is 5.82 Å². The second kappa shape index (κ2) is 5.58. The highest BCUT2D eigenvalue weighted by molar-refractivity contribution is 14.1. The van der Waals surface area contributed by atoms with E-state index in [0.717, 1.165) is 0 Å². The van der Waals surface area contributed by atoms with Crippen LogP contribution in [0.3, 0.4) is 0 Å². The molecule has 0 spiro atoms. The highest BCUT2D eigenvalue weighted by atomic mass is 127. The number of ether oxygens (including phenoxy) is 1. The molecule has 0 amide bonds. The third-order valence-electron chi connectivity index (χ3n) is 2.42. The van der Waals surface area contributed by atoms with Gasteiger partial charge in [-0.3, -0.25) is 9.59 Å². The van der Waals surface area contributed by atoms with Gasteiger partial charge >= 0.3 is 0 Å². The van der Waals surface area contributed by atoms with Gasteiger partial charge in [0.05, 0.1) is 19.6 Å². The molecule has 0 bridgehead atoms. The summed E-state index contributed by atoms with van der Waals surface area (Å²) in [5.41, 5.74) is -0.228. The Hall–Kier alpha value is -0.960. The van der Waals surface area contributed by atoms with E-state index in [1.807, 2.05) is 4.90 Å². The molecule has 1 aliphatic heterocycles. The quantitative estimate of drug-likeness (QED) is 0.619. The first-order valence-electron chi connectivity index (χ1n) is 5.26. The van der Waals surface area contributed by atoms with E-state index in [1.165, 1.54) is 6.07 Å². The smallest absolute Gasteiger partial charge is 0.252 e. The summed E-state index contributed by atoms with van der Waals surface area (Å²) >= 11 is 1.69. The summed E-state index contributed by atoms with van der Waals surface area (Å²) < 4.78 is 5.18. The van der Waals surface area contributed by atoms with Gasteiger partial charge in [0.25, 0.3) is 5.56 Å². The Labute approximate surface area is 112 Å². The van der Waals surface area contributed by atoms with E-state index < -0.39 is 0 Å². The third kappa shape index (κ3) is 3.50. The van der Waals surface area contributed by atoms with E-state index in [2.05, 4.69) is 9.97 Å². The number of anilines is 1. The van der Waals surface area contributed by atoms with Crippen LogP contribution in [0.5, 0.6) is 0 Å². The number of nitrogens with one attached hydrogen (secondary N) is 1. The van der Waals surface area contributed by atoms with Crippen LogP contribution < -0.4 is 10.5 Å². The highest BCUT2D eigenvalue weighted by Crippen LogP contribution is 2.10. The second-order valence-corrected chi connectivity index (χ2v) is 4.88. The normalized spacial score (nSPS) is 15.9. The average Bonchev–Trinajstić information content (AvgIpc) is 2.28. The number of rotatable bonds is 3. The Morgan fingerprint density at radius 3 is 2.88 bits per heavy atom. The monoisotopic (exact) mass is 349 g/mol. The van der Waals surface area contributed by atoms with E-state index in [-0.39, 0.29) is 15.8 Å². The standard InChI is InChI=1S/C10H12IN3O3/c11-7(15)5-8-12-9(6-10(16)13-8)14-1-3-17-4-2-14/h6H,1-5H2,(H,12,13,16). The zero-order valence-corrected chi connectivity index (χ0v) is 11.3. The van der Waals surface area contributed by atoms with Crippen molar-refractivity contribution in [1.82, 2.24) is 9.97 Å². The molecule has 0 aromatic carbocycles. The van der Waals surface area contributed by atoms with Crippen molar-refractivity contribution in [2.24, 2.45) is 0 Å². The molecule has 1 aromatic rings. The summed E-state index contributed by atoms with van der Waals surface area (Å²) in [5.74, 6) is 1.03. The van der Waals surface area contributed by atoms with E-state index in [0.29, 0.717) is 37.9 Å². The Morgan fingerprint density at radius 1 is 1.53 bits per heavy atom. The molecular weight excluding hydrogens is 337 g/mol. The van der Waals surface area contributed by atoms with E-state index >= 15 is 0 Å². The number of hydrogen-bond donors (Lipinski definition) is 1. The molecule has 1 aromatic heterocycles. The first-order valence-corrected chi connectivity index (χ1v) is 6.34. The van der Waals surface area contributed by atoms with Crippen LogP contribution in [0.15, 0.2) is 10.9 Å². The van der Waals surface area contributed by atoms with Gasteiger partial charge in [0, 0.05) is 41.7 Å². The lowest BCUT2D eigenvalue weighted by molar-refractivity contribution is -0.108. The molecule has 1 N–H and O–H groups in total. The van der Waals surface area contributed by atoms with Crippen LogP contribution in [-0.2, 0) is 16.0 Å². The molecule has 0 radical (unpaired) electrons. The number of H-pyrrole nitrogens is 1. The Morgan fingerprint density at radius 2 is 2.24 bits per heavy atom. The summed E-state index contributed by atoms with van der Waals surface area (Å²) in [6.45, 7) is 2.70. The molecule has 0 atom stereocenters. The van der Waals surface area contributed by atoms with Crippen molar-refractivity contribution < 1.29 is 9.53 Å². The highest BCUT2D eigenvalue weighted by Gasteiger charge is 2.14. The maximum absolute atomic E-state index is 11.5. The van der Waals surface area contributed by atoms with Crippen molar-refractivity contribution >= 4 is 32.2 Å². The molecule has 92 valence electrons. The van der Waals surface area contributed by atoms with Gasteiger partial charge in [-0.25, -0.2) is 4.98 Å². The molecule has 17 heavy (non-hydrogen) atoms. The van der Waals surface area contributed by atoms with E-state index in [4.69, 9.17) is 4.74 Å². The minimum Gasteiger partial charge on any atom is -0.378 e. The average molecular weight is 349 g/mol. The molecule has 2 heterocycles. The predicted molar refractivity (Wildman–Crippen MR) is 70.6 cm³/mol. The molecule has 0 saturated carbocycles. The van der Waals surface area contributed by atoms with Crippen LogP contribution in [0.25, 0.3) is 0 Å². The Balaban J connectivity index is 2.24. The lowest BCUT2D eigenvalue weighted by Gasteiger charge is -2.27. The van der Waals surface area contributed by atoms with Crippen molar-refractivity contribution in [1.29, 1.82) is 0 Å². The third-order valence-corrected chi connectivity index (χ3v) is 2.80. The van der Waals surface area contributed by atoms with Crippen LogP contribution >= 0.6 is 22.6 Å². The van der Waals surface area contributed by atoms with Crippen molar-refractivity contribution in [3.63, 3.8) is 0 Å². The number of morpholine rings is 1. The number of halogens is 1. The summed E-state index contributed by atoms with van der Waals surface area (Å²) in [5, 5.41) is 0. The molecule has 1 fully saturated rings. The van der Waals surface area contributed by atoms with Crippen molar-refractivity contribution in [3.8, 4) is 0 Å². The molecule has 1 saturated heterocycles. The van der Waals surface area contributed by atoms with Crippen molar-refractivity contribution in [3.05, 3.63) is 22.2 Å². The maximum Gasteiger partial charge on any atom is 0.252 e. The molecular formula is C10H12IN3O3. The Bertz CT molecular complexity index is 468. The first-order chi connectivity index (χ1) is 8.15. The molecule has 1 aliphatic rings. The van der Waals surface area contributed by atoms with Gasteiger partial charge in [-0.1, -0.05) is 0 Å². The van der Waals surface area contributed by atoms with Crippen molar-refractivity contribution in [2.45, 2.75) is 6.42 Å². The lowest BCUT2D eigenvalue weighted by atomic mass is 10.3. The van der Waals surface area contributed by atoms with Gasteiger partial charge in [0.1, 0.15) is 11.6 Å². The van der Waals surface area contributed by atoms with Crippen molar-refractivity contribution in [2.75, 3.05) is 31.2 Å². The van der Waals surface area contributed by atoms with Crippen LogP contribution in [-0.4, -0.2) is 40.1 Å². The SMILES string of the molecule is O=C(I)Cc1nc(N2CCOCC2)cc(=O)[nH]1. The van der Waals surface area contributed by atoms with Gasteiger partial charge in [-0.2, -0.15) is 0 Å². The fraction of sp³-hybridized carbons (Fsp3) is 0.500. The largest absolute Gasteiger partial charge is 0.378 e.